The smallest absolute Gasteiger partial charge is 0.410 e. The van der Waals surface area contributed by atoms with Gasteiger partial charge in [0.15, 0.2) is 6.61 Å². The van der Waals surface area contributed by atoms with E-state index in [0.29, 0.717) is 37.0 Å². The average molecular weight is 457 g/mol. The fourth-order valence-corrected chi connectivity index (χ4v) is 5.19. The number of hydrogen-bond donors (Lipinski definition) is 1. The Hall–Kier alpha value is -1.60. The number of alkyl halides is 3. The minimum Gasteiger partial charge on any atom is -0.439 e. The Kier molecular flexibility index (Phi) is 6.82. The summed E-state index contributed by atoms with van der Waals surface area (Å²) in [4.78, 5) is 27.0. The van der Waals surface area contributed by atoms with E-state index < -0.39 is 59.5 Å². The van der Waals surface area contributed by atoms with Crippen molar-refractivity contribution in [3.05, 3.63) is 0 Å². The van der Waals surface area contributed by atoms with E-state index in [2.05, 4.69) is 4.72 Å². The lowest BCUT2D eigenvalue weighted by atomic mass is 9.92. The highest BCUT2D eigenvalue weighted by atomic mass is 32.2. The van der Waals surface area contributed by atoms with E-state index in [0.717, 1.165) is 6.26 Å². The number of ether oxygens (including phenoxy) is 2. The summed E-state index contributed by atoms with van der Waals surface area (Å²) in [5, 5.41) is 0. The van der Waals surface area contributed by atoms with E-state index >= 15 is 0 Å². The molecule has 13 heteroatoms. The van der Waals surface area contributed by atoms with Gasteiger partial charge in [-0.3, -0.25) is 9.69 Å². The van der Waals surface area contributed by atoms with Crippen molar-refractivity contribution in [1.29, 1.82) is 0 Å². The minimum absolute atomic E-state index is 0.0917. The molecule has 0 aromatic heterocycles. The predicted molar refractivity (Wildman–Crippen MR) is 98.0 cm³/mol. The van der Waals surface area contributed by atoms with Crippen LogP contribution in [-0.4, -0.2) is 93.2 Å². The van der Waals surface area contributed by atoms with Gasteiger partial charge in [-0.2, -0.15) is 13.2 Å². The molecule has 2 amide bonds. The molecule has 172 valence electrons. The summed E-state index contributed by atoms with van der Waals surface area (Å²) in [6.07, 6.45) is -3.06. The third kappa shape index (κ3) is 5.97. The second kappa shape index (κ2) is 8.87. The Morgan fingerprint density at radius 2 is 1.80 bits per heavy atom. The van der Waals surface area contributed by atoms with Gasteiger partial charge in [0, 0.05) is 18.6 Å². The fraction of sp³-hybridized carbons (Fsp3) is 0.882. The number of carbonyl (C=O) groups excluding carboxylic acids is 2. The number of rotatable bonds is 3. The molecular weight excluding hydrogens is 431 g/mol. The lowest BCUT2D eigenvalue weighted by Gasteiger charge is -2.36. The molecule has 0 radical (unpaired) electrons. The zero-order chi connectivity index (χ0) is 22.1. The van der Waals surface area contributed by atoms with Crippen molar-refractivity contribution >= 4 is 22.0 Å². The van der Waals surface area contributed by atoms with E-state index in [-0.39, 0.29) is 19.3 Å². The first-order chi connectivity index (χ1) is 13.9. The number of halogens is 3. The fourth-order valence-electron chi connectivity index (χ4n) is 4.37. The van der Waals surface area contributed by atoms with Crippen molar-refractivity contribution in [3.8, 4) is 0 Å². The molecule has 30 heavy (non-hydrogen) atoms. The van der Waals surface area contributed by atoms with E-state index in [1.807, 2.05) is 0 Å². The molecule has 1 aliphatic carbocycles. The number of sulfonamides is 1. The third-order valence-electron chi connectivity index (χ3n) is 5.72. The normalized spacial score (nSPS) is 31.6. The van der Waals surface area contributed by atoms with Crippen LogP contribution in [0.25, 0.3) is 0 Å². The van der Waals surface area contributed by atoms with Crippen molar-refractivity contribution in [2.75, 3.05) is 32.6 Å². The summed E-state index contributed by atoms with van der Waals surface area (Å²) in [5.74, 6) is -0.603. The summed E-state index contributed by atoms with van der Waals surface area (Å²) >= 11 is 0. The quantitative estimate of drug-likeness (QED) is 0.674. The topological polar surface area (TPSA) is 105 Å². The van der Waals surface area contributed by atoms with Gasteiger partial charge in [-0.1, -0.05) is 0 Å². The van der Waals surface area contributed by atoms with Crippen LogP contribution < -0.4 is 4.72 Å². The maximum Gasteiger partial charge on any atom is 0.410 e. The van der Waals surface area contributed by atoms with Crippen LogP contribution in [0.4, 0.5) is 18.0 Å². The van der Waals surface area contributed by atoms with Gasteiger partial charge in [-0.05, 0) is 32.1 Å². The van der Waals surface area contributed by atoms with Crippen molar-refractivity contribution in [3.63, 3.8) is 0 Å². The lowest BCUT2D eigenvalue weighted by molar-refractivity contribution is -0.149. The van der Waals surface area contributed by atoms with Crippen LogP contribution >= 0.6 is 0 Å². The summed E-state index contributed by atoms with van der Waals surface area (Å²) in [6.45, 7) is -1.85. The highest BCUT2D eigenvalue weighted by molar-refractivity contribution is 7.88. The Morgan fingerprint density at radius 1 is 1.13 bits per heavy atom. The number of nitrogens with zero attached hydrogens (tertiary/aromatic N) is 2. The molecule has 4 fully saturated rings. The van der Waals surface area contributed by atoms with Crippen LogP contribution in [0, 0.1) is 0 Å². The maximum absolute atomic E-state index is 13.0. The second-order valence-corrected chi connectivity index (χ2v) is 9.78. The molecule has 4 rings (SSSR count). The predicted octanol–water partition coefficient (Wildman–Crippen LogP) is 0.847. The summed E-state index contributed by atoms with van der Waals surface area (Å²) in [6, 6.07) is -1.78. The number of nitrogens with one attached hydrogen (secondary N) is 1. The molecular formula is C17H26F3N3O6S. The third-order valence-corrected chi connectivity index (χ3v) is 6.45. The molecule has 0 aromatic rings. The lowest BCUT2D eigenvalue weighted by Crippen LogP contribution is -2.50. The Labute approximate surface area is 172 Å². The van der Waals surface area contributed by atoms with Crippen molar-refractivity contribution in [2.45, 2.75) is 62.5 Å². The summed E-state index contributed by atoms with van der Waals surface area (Å²) < 4.78 is 75.6. The first-order valence-electron chi connectivity index (χ1n) is 9.81. The molecule has 1 saturated carbocycles. The molecule has 4 aliphatic rings. The molecule has 0 aromatic carbocycles. The standard InChI is InChI=1S/C17H26F3N3O6S/c1-30(26,27)21-13-6-7-22-14(13)8-28-12-4-2-11(3-5-12)23(10-17(18,19)20)16(25)29-9-15(22)24/h11-14,21H,2-10H2,1H3/t11?,12?,13-,14?/m0/s1. The van der Waals surface area contributed by atoms with Gasteiger partial charge >= 0.3 is 12.3 Å². The number of carbonyl (C=O) groups is 2. The molecule has 2 atom stereocenters. The number of fused-ring (bicyclic) bond motifs is 7. The van der Waals surface area contributed by atoms with Gasteiger partial charge in [0.1, 0.15) is 6.54 Å². The number of hydrogen-bond acceptors (Lipinski definition) is 6. The highest BCUT2D eigenvalue weighted by Crippen LogP contribution is 2.30. The zero-order valence-corrected chi connectivity index (χ0v) is 17.4. The average Bonchev–Trinajstić information content (AvgIpc) is 3.02. The molecule has 9 nitrogen and oxygen atoms in total. The van der Waals surface area contributed by atoms with E-state index in [1.54, 1.807) is 0 Å². The first-order valence-corrected chi connectivity index (χ1v) is 11.7. The van der Waals surface area contributed by atoms with Gasteiger partial charge in [-0.15, -0.1) is 0 Å². The Bertz CT molecular complexity index is 754. The maximum atomic E-state index is 13.0. The van der Waals surface area contributed by atoms with Crippen molar-refractivity contribution < 1.29 is 40.7 Å². The minimum atomic E-state index is -4.59. The van der Waals surface area contributed by atoms with Crippen LogP contribution in [0.1, 0.15) is 32.1 Å². The molecule has 3 saturated heterocycles. The second-order valence-electron chi connectivity index (χ2n) is 8.00. The zero-order valence-electron chi connectivity index (χ0n) is 16.6. The van der Waals surface area contributed by atoms with E-state index in [9.17, 15) is 31.2 Å². The molecule has 3 aliphatic heterocycles. The molecule has 1 unspecified atom stereocenters. The van der Waals surface area contributed by atoms with Gasteiger partial charge in [0.05, 0.1) is 25.0 Å². The molecule has 1 N–H and O–H groups in total. The molecule has 3 heterocycles. The van der Waals surface area contributed by atoms with Crippen LogP contribution in [0.15, 0.2) is 0 Å². The molecule has 2 bridgehead atoms. The van der Waals surface area contributed by atoms with Crippen molar-refractivity contribution in [1.82, 2.24) is 14.5 Å². The molecule has 0 spiro atoms. The highest BCUT2D eigenvalue weighted by Gasteiger charge is 2.42. The Balaban J connectivity index is 1.79. The van der Waals surface area contributed by atoms with Crippen LogP contribution in [-0.2, 0) is 24.3 Å². The van der Waals surface area contributed by atoms with E-state index in [1.165, 1.54) is 4.90 Å². The van der Waals surface area contributed by atoms with Crippen LogP contribution in [0.5, 0.6) is 0 Å². The van der Waals surface area contributed by atoms with E-state index in [4.69, 9.17) is 9.47 Å². The van der Waals surface area contributed by atoms with Crippen molar-refractivity contribution in [2.24, 2.45) is 0 Å². The Morgan fingerprint density at radius 3 is 2.40 bits per heavy atom. The van der Waals surface area contributed by atoms with Gasteiger partial charge in [0.25, 0.3) is 5.91 Å². The van der Waals surface area contributed by atoms with Gasteiger partial charge < -0.3 is 14.4 Å². The first kappa shape index (κ1) is 23.1. The summed E-state index contributed by atoms with van der Waals surface area (Å²) in [5.41, 5.74) is 0. The SMILES string of the molecule is CS(=O)(=O)N[C@H]1CCN2C(=O)COC(=O)N(CC(F)(F)F)C3CCC(CC3)OCC12. The van der Waals surface area contributed by atoms with Gasteiger partial charge in [-0.25, -0.2) is 17.9 Å². The summed E-state index contributed by atoms with van der Waals surface area (Å²) in [7, 11) is -3.52. The van der Waals surface area contributed by atoms with Crippen LogP contribution in [0.2, 0.25) is 0 Å². The largest absolute Gasteiger partial charge is 0.439 e. The monoisotopic (exact) mass is 457 g/mol. The van der Waals surface area contributed by atoms with Gasteiger partial charge in [0.2, 0.25) is 10.0 Å². The van der Waals surface area contributed by atoms with Crippen LogP contribution in [0.3, 0.4) is 0 Å². The number of amides is 2.